The van der Waals surface area contributed by atoms with Crippen molar-refractivity contribution in [2.45, 2.75) is 59.3 Å². The third-order valence-corrected chi connectivity index (χ3v) is 3.35. The van der Waals surface area contributed by atoms with Crippen LogP contribution < -0.4 is 19.9 Å². The van der Waals surface area contributed by atoms with Crippen molar-refractivity contribution in [1.29, 1.82) is 0 Å². The van der Waals surface area contributed by atoms with Crippen molar-refractivity contribution >= 4 is 5.69 Å². The lowest BCUT2D eigenvalue weighted by Crippen LogP contribution is -2.07. The summed E-state index contributed by atoms with van der Waals surface area (Å²) in [4.78, 5) is 0. The molecule has 1 rings (SSSR count). The summed E-state index contributed by atoms with van der Waals surface area (Å²) in [6, 6.07) is 3.70. The fourth-order valence-electron chi connectivity index (χ4n) is 1.92. The quantitative estimate of drug-likeness (QED) is 0.445. The molecule has 0 heterocycles. The van der Waals surface area contributed by atoms with Crippen LogP contribution in [0.25, 0.3) is 0 Å². The first-order chi connectivity index (χ1) is 10.7. The van der Waals surface area contributed by atoms with E-state index in [1.165, 1.54) is 0 Å². The van der Waals surface area contributed by atoms with Gasteiger partial charge in [-0.1, -0.05) is 40.0 Å². The molecule has 1 aromatic rings. The first-order valence-corrected chi connectivity index (χ1v) is 8.55. The lowest BCUT2D eigenvalue weighted by atomic mass is 10.2. The number of nitrogens with two attached hydrogens (primary N) is 1. The minimum Gasteiger partial charge on any atom is -0.490 e. The van der Waals surface area contributed by atoms with E-state index >= 15 is 0 Å². The van der Waals surface area contributed by atoms with Crippen molar-refractivity contribution in [3.05, 3.63) is 12.1 Å². The molecule has 22 heavy (non-hydrogen) atoms. The van der Waals surface area contributed by atoms with E-state index < -0.39 is 0 Å². The van der Waals surface area contributed by atoms with Gasteiger partial charge in [-0.3, -0.25) is 0 Å². The highest BCUT2D eigenvalue weighted by molar-refractivity contribution is 5.65. The van der Waals surface area contributed by atoms with Gasteiger partial charge < -0.3 is 19.9 Å². The van der Waals surface area contributed by atoms with Gasteiger partial charge in [-0.25, -0.2) is 0 Å². The van der Waals surface area contributed by atoms with E-state index in [9.17, 15) is 0 Å². The van der Waals surface area contributed by atoms with Gasteiger partial charge in [0, 0.05) is 0 Å². The molecule has 0 atom stereocenters. The largest absolute Gasteiger partial charge is 0.490 e. The molecule has 4 heteroatoms. The third kappa shape index (κ3) is 6.04. The van der Waals surface area contributed by atoms with Gasteiger partial charge in [0.15, 0.2) is 11.5 Å². The van der Waals surface area contributed by atoms with Crippen LogP contribution in [0.4, 0.5) is 5.69 Å². The highest BCUT2D eigenvalue weighted by Crippen LogP contribution is 2.42. The molecule has 4 nitrogen and oxygen atoms in total. The molecule has 2 N–H and O–H groups in total. The summed E-state index contributed by atoms with van der Waals surface area (Å²) in [5, 5.41) is 0. The molecule has 0 bridgehead atoms. The molecule has 0 saturated carbocycles. The molecule has 0 unspecified atom stereocenters. The van der Waals surface area contributed by atoms with Crippen molar-refractivity contribution in [2.75, 3.05) is 25.6 Å². The Bertz CT molecular complexity index is 421. The Balaban J connectivity index is 2.89. The van der Waals surface area contributed by atoms with Crippen molar-refractivity contribution in [1.82, 2.24) is 0 Å². The topological polar surface area (TPSA) is 53.7 Å². The first kappa shape index (κ1) is 18.5. The Kier molecular flexibility index (Phi) is 9.28. The van der Waals surface area contributed by atoms with Gasteiger partial charge in [0.05, 0.1) is 25.5 Å². The van der Waals surface area contributed by atoms with E-state index in [4.69, 9.17) is 19.9 Å². The van der Waals surface area contributed by atoms with E-state index in [0.29, 0.717) is 37.0 Å². The maximum Gasteiger partial charge on any atom is 0.205 e. The van der Waals surface area contributed by atoms with Gasteiger partial charge in [0.2, 0.25) is 5.75 Å². The second-order valence-corrected chi connectivity index (χ2v) is 5.42. The van der Waals surface area contributed by atoms with Crippen LogP contribution in [-0.2, 0) is 0 Å². The fourth-order valence-corrected chi connectivity index (χ4v) is 1.92. The number of benzene rings is 1. The molecule has 1 aromatic carbocycles. The zero-order chi connectivity index (χ0) is 16.2. The zero-order valence-electron chi connectivity index (χ0n) is 14.3. The number of ether oxygens (including phenoxy) is 3. The molecule has 0 amide bonds. The number of anilines is 1. The summed E-state index contributed by atoms with van der Waals surface area (Å²) in [5.41, 5.74) is 6.67. The van der Waals surface area contributed by atoms with Gasteiger partial charge in [-0.05, 0) is 31.4 Å². The Morgan fingerprint density at radius 1 is 0.727 bits per heavy atom. The molecule has 0 aliphatic heterocycles. The van der Waals surface area contributed by atoms with Crippen LogP contribution in [0.2, 0.25) is 0 Å². The zero-order valence-corrected chi connectivity index (χ0v) is 14.3. The predicted octanol–water partition coefficient (Wildman–Crippen LogP) is 4.81. The van der Waals surface area contributed by atoms with Gasteiger partial charge in [0.1, 0.15) is 0 Å². The standard InChI is InChI=1S/C18H31NO3/c1-4-7-12-20-16-11-10-15(19)17(21-13-8-5-2)18(16)22-14-9-6-3/h10-11H,4-9,12-14,19H2,1-3H3. The number of unbranched alkanes of at least 4 members (excludes halogenated alkanes) is 3. The Labute approximate surface area is 134 Å². The molecule has 0 saturated heterocycles. The number of hydrogen-bond acceptors (Lipinski definition) is 4. The highest BCUT2D eigenvalue weighted by atomic mass is 16.5. The Morgan fingerprint density at radius 2 is 1.23 bits per heavy atom. The summed E-state index contributed by atoms with van der Waals surface area (Å²) in [6.07, 6.45) is 6.27. The second-order valence-electron chi connectivity index (χ2n) is 5.42. The third-order valence-electron chi connectivity index (χ3n) is 3.35. The molecule has 0 radical (unpaired) electrons. The van der Waals surface area contributed by atoms with Crippen LogP contribution in [0.3, 0.4) is 0 Å². The summed E-state index contributed by atoms with van der Waals surface area (Å²) >= 11 is 0. The van der Waals surface area contributed by atoms with Crippen LogP contribution in [0, 0.1) is 0 Å². The molecule has 126 valence electrons. The van der Waals surface area contributed by atoms with Crippen LogP contribution in [0.15, 0.2) is 12.1 Å². The van der Waals surface area contributed by atoms with E-state index in [1.54, 1.807) is 0 Å². The maximum atomic E-state index is 6.07. The summed E-state index contributed by atoms with van der Waals surface area (Å²) in [6.45, 7) is 8.39. The number of rotatable bonds is 12. The SMILES string of the molecule is CCCCOc1ccc(N)c(OCCCC)c1OCCCC. The fraction of sp³-hybridized carbons (Fsp3) is 0.667. The molecule has 0 spiro atoms. The molecule has 0 aromatic heterocycles. The normalized spacial score (nSPS) is 10.5. The highest BCUT2D eigenvalue weighted by Gasteiger charge is 2.16. The monoisotopic (exact) mass is 309 g/mol. The Hall–Kier alpha value is -1.58. The smallest absolute Gasteiger partial charge is 0.205 e. The van der Waals surface area contributed by atoms with Crippen molar-refractivity contribution in [2.24, 2.45) is 0 Å². The molecular formula is C18H31NO3. The maximum absolute atomic E-state index is 6.07. The average Bonchev–Trinajstić information content (AvgIpc) is 2.52. The molecule has 0 aliphatic rings. The van der Waals surface area contributed by atoms with E-state index in [2.05, 4.69) is 20.8 Å². The van der Waals surface area contributed by atoms with Gasteiger partial charge in [-0.2, -0.15) is 0 Å². The van der Waals surface area contributed by atoms with Crippen LogP contribution in [0.5, 0.6) is 17.2 Å². The minimum atomic E-state index is 0.602. The van der Waals surface area contributed by atoms with Crippen LogP contribution >= 0.6 is 0 Å². The van der Waals surface area contributed by atoms with Gasteiger partial charge >= 0.3 is 0 Å². The minimum absolute atomic E-state index is 0.602. The number of hydrogen-bond donors (Lipinski definition) is 1. The lowest BCUT2D eigenvalue weighted by molar-refractivity contribution is 0.238. The molecular weight excluding hydrogens is 278 g/mol. The number of nitrogen functional groups attached to an aromatic ring is 1. The summed E-state index contributed by atoms with van der Waals surface area (Å²) in [5.74, 6) is 2.00. The van der Waals surface area contributed by atoms with Gasteiger partial charge in [0.25, 0.3) is 0 Å². The van der Waals surface area contributed by atoms with Crippen molar-refractivity contribution in [3.63, 3.8) is 0 Å². The van der Waals surface area contributed by atoms with Gasteiger partial charge in [-0.15, -0.1) is 0 Å². The molecule has 0 aliphatic carbocycles. The van der Waals surface area contributed by atoms with Crippen molar-refractivity contribution < 1.29 is 14.2 Å². The van der Waals surface area contributed by atoms with Crippen molar-refractivity contribution in [3.8, 4) is 17.2 Å². The predicted molar refractivity (Wildman–Crippen MR) is 92.1 cm³/mol. The second kappa shape index (κ2) is 11.0. The van der Waals surface area contributed by atoms with E-state index in [1.807, 2.05) is 12.1 Å². The first-order valence-electron chi connectivity index (χ1n) is 8.55. The lowest BCUT2D eigenvalue weighted by Gasteiger charge is -2.18. The van der Waals surface area contributed by atoms with Crippen LogP contribution in [-0.4, -0.2) is 19.8 Å². The summed E-state index contributed by atoms with van der Waals surface area (Å²) in [7, 11) is 0. The van der Waals surface area contributed by atoms with E-state index in [-0.39, 0.29) is 0 Å². The van der Waals surface area contributed by atoms with E-state index in [0.717, 1.165) is 44.3 Å². The van der Waals surface area contributed by atoms with Crippen LogP contribution in [0.1, 0.15) is 59.3 Å². The molecule has 0 fully saturated rings. The Morgan fingerprint density at radius 3 is 1.77 bits per heavy atom. The average molecular weight is 309 g/mol. The summed E-state index contributed by atoms with van der Waals surface area (Å²) < 4.78 is 17.6.